The highest BCUT2D eigenvalue weighted by Gasteiger charge is 2.14. The van der Waals surface area contributed by atoms with Crippen molar-refractivity contribution >= 4 is 23.4 Å². The smallest absolute Gasteiger partial charge is 0.254 e. The Morgan fingerprint density at radius 2 is 1.62 bits per heavy atom. The number of nitrogens with zero attached hydrogens (tertiary/aromatic N) is 1. The molecule has 2 aromatic carbocycles. The van der Waals surface area contributed by atoms with Gasteiger partial charge in [0.15, 0.2) is 0 Å². The molecule has 2 aromatic rings. The SMILES string of the molecule is CCN(CC)C(=O)c1ccc(NC(=O)CCNC(=O)c2ccc(F)cc2F)cc1. The number of amides is 3. The van der Waals surface area contributed by atoms with E-state index in [2.05, 4.69) is 10.6 Å². The zero-order chi connectivity index (χ0) is 21.4. The van der Waals surface area contributed by atoms with Crippen molar-refractivity contribution in [1.82, 2.24) is 10.2 Å². The van der Waals surface area contributed by atoms with Gasteiger partial charge in [0, 0.05) is 43.4 Å². The Morgan fingerprint density at radius 1 is 0.966 bits per heavy atom. The third-order valence-electron chi connectivity index (χ3n) is 4.28. The minimum atomic E-state index is -0.966. The van der Waals surface area contributed by atoms with Crippen LogP contribution < -0.4 is 10.6 Å². The van der Waals surface area contributed by atoms with Crippen LogP contribution in [-0.2, 0) is 4.79 Å². The summed E-state index contributed by atoms with van der Waals surface area (Å²) in [4.78, 5) is 37.8. The van der Waals surface area contributed by atoms with Crippen molar-refractivity contribution in [3.63, 3.8) is 0 Å². The molecule has 29 heavy (non-hydrogen) atoms. The van der Waals surface area contributed by atoms with E-state index in [1.165, 1.54) is 0 Å². The van der Waals surface area contributed by atoms with Gasteiger partial charge in [-0.1, -0.05) is 0 Å². The molecule has 8 heteroatoms. The molecule has 0 atom stereocenters. The third-order valence-corrected chi connectivity index (χ3v) is 4.28. The van der Waals surface area contributed by atoms with Gasteiger partial charge in [-0.25, -0.2) is 8.78 Å². The maximum absolute atomic E-state index is 13.6. The molecule has 0 radical (unpaired) electrons. The lowest BCUT2D eigenvalue weighted by Gasteiger charge is -2.18. The molecule has 6 nitrogen and oxygen atoms in total. The molecule has 2 N–H and O–H groups in total. The first-order valence-corrected chi connectivity index (χ1v) is 9.28. The molecule has 154 valence electrons. The average molecular weight is 403 g/mol. The molecule has 0 fully saturated rings. The third kappa shape index (κ3) is 6.10. The summed E-state index contributed by atoms with van der Waals surface area (Å²) in [6.07, 6.45) is -0.0331. The van der Waals surface area contributed by atoms with Gasteiger partial charge in [-0.3, -0.25) is 14.4 Å². The molecule has 0 aromatic heterocycles. The number of hydrogen-bond donors (Lipinski definition) is 2. The molecule has 0 aliphatic carbocycles. The van der Waals surface area contributed by atoms with Gasteiger partial charge in [-0.15, -0.1) is 0 Å². The van der Waals surface area contributed by atoms with Crippen molar-refractivity contribution in [1.29, 1.82) is 0 Å². The van der Waals surface area contributed by atoms with E-state index in [0.717, 1.165) is 12.1 Å². The van der Waals surface area contributed by atoms with Gasteiger partial charge in [-0.2, -0.15) is 0 Å². The minimum Gasteiger partial charge on any atom is -0.351 e. The van der Waals surface area contributed by atoms with E-state index in [4.69, 9.17) is 0 Å². The van der Waals surface area contributed by atoms with Gasteiger partial charge in [0.1, 0.15) is 11.6 Å². The van der Waals surface area contributed by atoms with E-state index in [9.17, 15) is 23.2 Å². The van der Waals surface area contributed by atoms with Crippen LogP contribution in [-0.4, -0.2) is 42.3 Å². The molecular formula is C21H23F2N3O3. The van der Waals surface area contributed by atoms with Crippen molar-refractivity contribution in [2.75, 3.05) is 25.0 Å². The van der Waals surface area contributed by atoms with E-state index in [-0.39, 0.29) is 30.3 Å². The zero-order valence-electron chi connectivity index (χ0n) is 16.3. The number of halogens is 2. The maximum Gasteiger partial charge on any atom is 0.254 e. The quantitative estimate of drug-likeness (QED) is 0.711. The van der Waals surface area contributed by atoms with Crippen LogP contribution in [0.25, 0.3) is 0 Å². The lowest BCUT2D eigenvalue weighted by Crippen LogP contribution is -2.30. The van der Waals surface area contributed by atoms with Crippen molar-refractivity contribution in [3.8, 4) is 0 Å². The lowest BCUT2D eigenvalue weighted by molar-refractivity contribution is -0.116. The summed E-state index contributed by atoms with van der Waals surface area (Å²) < 4.78 is 26.4. The molecule has 0 aliphatic heterocycles. The zero-order valence-corrected chi connectivity index (χ0v) is 16.3. The van der Waals surface area contributed by atoms with E-state index < -0.39 is 17.5 Å². The van der Waals surface area contributed by atoms with Crippen molar-refractivity contribution in [3.05, 3.63) is 65.2 Å². The van der Waals surface area contributed by atoms with Crippen molar-refractivity contribution < 1.29 is 23.2 Å². The molecule has 0 saturated carbocycles. The maximum atomic E-state index is 13.6. The second kappa shape index (κ2) is 10.3. The Kier molecular flexibility index (Phi) is 7.82. The van der Waals surface area contributed by atoms with E-state index >= 15 is 0 Å². The van der Waals surface area contributed by atoms with Crippen LogP contribution in [0.5, 0.6) is 0 Å². The summed E-state index contributed by atoms with van der Waals surface area (Å²) in [5.41, 5.74) is 0.752. The highest BCUT2D eigenvalue weighted by Crippen LogP contribution is 2.12. The van der Waals surface area contributed by atoms with Gasteiger partial charge in [-0.05, 0) is 50.2 Å². The fraction of sp³-hybridized carbons (Fsp3) is 0.286. The Labute approximate surface area is 167 Å². The van der Waals surface area contributed by atoms with Crippen LogP contribution in [0.4, 0.5) is 14.5 Å². The van der Waals surface area contributed by atoms with E-state index in [1.54, 1.807) is 29.2 Å². The van der Waals surface area contributed by atoms with Gasteiger partial charge >= 0.3 is 0 Å². The standard InChI is InChI=1S/C21H23F2N3O3/c1-3-26(4-2)21(29)14-5-8-16(9-6-14)25-19(27)11-12-24-20(28)17-10-7-15(22)13-18(17)23/h5-10,13H,3-4,11-12H2,1-2H3,(H,24,28)(H,25,27). The second-order valence-corrected chi connectivity index (χ2v) is 6.23. The molecular weight excluding hydrogens is 380 g/mol. The largest absolute Gasteiger partial charge is 0.351 e. The molecule has 3 amide bonds. The Hall–Kier alpha value is -3.29. The Balaban J connectivity index is 1.83. The van der Waals surface area contributed by atoms with Gasteiger partial charge in [0.2, 0.25) is 5.91 Å². The van der Waals surface area contributed by atoms with Crippen LogP contribution >= 0.6 is 0 Å². The number of carbonyl (C=O) groups is 3. The highest BCUT2D eigenvalue weighted by molar-refractivity contribution is 5.96. The Bertz CT molecular complexity index is 881. The number of benzene rings is 2. The summed E-state index contributed by atoms with van der Waals surface area (Å²) in [6, 6.07) is 9.17. The minimum absolute atomic E-state index is 0.0139. The monoisotopic (exact) mass is 403 g/mol. The number of nitrogens with one attached hydrogen (secondary N) is 2. The van der Waals surface area contributed by atoms with Gasteiger partial charge in [0.05, 0.1) is 5.56 Å². The average Bonchev–Trinajstić information content (AvgIpc) is 2.69. The van der Waals surface area contributed by atoms with E-state index in [0.29, 0.717) is 30.4 Å². The Morgan fingerprint density at radius 3 is 2.21 bits per heavy atom. The predicted molar refractivity (Wildman–Crippen MR) is 106 cm³/mol. The molecule has 0 unspecified atom stereocenters. The fourth-order valence-corrected chi connectivity index (χ4v) is 2.67. The fourth-order valence-electron chi connectivity index (χ4n) is 2.67. The number of anilines is 1. The lowest BCUT2D eigenvalue weighted by atomic mass is 10.1. The molecule has 0 saturated heterocycles. The molecule has 0 spiro atoms. The van der Waals surface area contributed by atoms with Crippen molar-refractivity contribution in [2.45, 2.75) is 20.3 Å². The second-order valence-electron chi connectivity index (χ2n) is 6.23. The van der Waals surface area contributed by atoms with Crippen LogP contribution in [0, 0.1) is 11.6 Å². The molecule has 0 aliphatic rings. The van der Waals surface area contributed by atoms with Gasteiger partial charge in [0.25, 0.3) is 11.8 Å². The summed E-state index contributed by atoms with van der Waals surface area (Å²) in [5, 5.41) is 5.07. The van der Waals surface area contributed by atoms with Gasteiger partial charge < -0.3 is 15.5 Å². The first-order chi connectivity index (χ1) is 13.8. The first-order valence-electron chi connectivity index (χ1n) is 9.28. The number of carbonyl (C=O) groups excluding carboxylic acids is 3. The normalized spacial score (nSPS) is 10.3. The summed E-state index contributed by atoms with van der Waals surface area (Å²) >= 11 is 0. The first kappa shape index (κ1) is 22.0. The van der Waals surface area contributed by atoms with E-state index in [1.807, 2.05) is 13.8 Å². The summed E-state index contributed by atoms with van der Waals surface area (Å²) in [7, 11) is 0. The highest BCUT2D eigenvalue weighted by atomic mass is 19.1. The van der Waals surface area contributed by atoms with Crippen LogP contribution in [0.1, 0.15) is 41.0 Å². The predicted octanol–water partition coefficient (Wildman–Crippen LogP) is 3.21. The summed E-state index contributed by atoms with van der Waals surface area (Å²) in [5.74, 6) is -2.90. The van der Waals surface area contributed by atoms with Crippen LogP contribution in [0.3, 0.4) is 0 Å². The molecule has 2 rings (SSSR count). The summed E-state index contributed by atoms with van der Waals surface area (Å²) in [6.45, 7) is 5.02. The number of hydrogen-bond acceptors (Lipinski definition) is 3. The molecule has 0 heterocycles. The van der Waals surface area contributed by atoms with Crippen LogP contribution in [0.2, 0.25) is 0 Å². The van der Waals surface area contributed by atoms with Crippen molar-refractivity contribution in [2.24, 2.45) is 0 Å². The number of rotatable bonds is 8. The topological polar surface area (TPSA) is 78.5 Å². The molecule has 0 bridgehead atoms. The van der Waals surface area contributed by atoms with Crippen LogP contribution in [0.15, 0.2) is 42.5 Å².